The van der Waals surface area contributed by atoms with Crippen LogP contribution >= 0.6 is 0 Å². The Bertz CT molecular complexity index is 136. The Morgan fingerprint density at radius 3 is 2.27 bits per heavy atom. The van der Waals surface area contributed by atoms with Crippen LogP contribution in [0.3, 0.4) is 0 Å². The Labute approximate surface area is 66.0 Å². The van der Waals surface area contributed by atoms with Gasteiger partial charge in [-0.25, -0.2) is 4.79 Å². The van der Waals surface area contributed by atoms with Gasteiger partial charge in [-0.3, -0.25) is 0 Å². The van der Waals surface area contributed by atoms with Gasteiger partial charge in [0.25, 0.3) is 0 Å². The smallest absolute Gasteiger partial charge is 0.334 e. The van der Waals surface area contributed by atoms with E-state index < -0.39 is 18.1 Å². The molecule has 0 aromatic carbocycles. The minimum Gasteiger partial charge on any atom is -0.479 e. The summed E-state index contributed by atoms with van der Waals surface area (Å²) < 4.78 is 0. The largest absolute Gasteiger partial charge is 0.479 e. The fourth-order valence-electron chi connectivity index (χ4n) is 0.856. The van der Waals surface area contributed by atoms with E-state index in [1.165, 1.54) is 0 Å². The van der Waals surface area contributed by atoms with Gasteiger partial charge in [0, 0.05) is 6.04 Å². The summed E-state index contributed by atoms with van der Waals surface area (Å²) in [6.07, 6.45) is -0.912. The second kappa shape index (κ2) is 4.31. The third kappa shape index (κ3) is 3.95. The van der Waals surface area contributed by atoms with Crippen LogP contribution in [0.25, 0.3) is 0 Å². The van der Waals surface area contributed by atoms with Crippen molar-refractivity contribution in [2.75, 3.05) is 0 Å². The molecule has 0 aromatic heterocycles. The molecule has 4 nitrogen and oxygen atoms in total. The van der Waals surface area contributed by atoms with E-state index in [0.717, 1.165) is 0 Å². The molecule has 0 fully saturated rings. The van der Waals surface area contributed by atoms with E-state index in [4.69, 9.17) is 15.9 Å². The van der Waals surface area contributed by atoms with Gasteiger partial charge in [0.2, 0.25) is 0 Å². The van der Waals surface area contributed by atoms with E-state index >= 15 is 0 Å². The first-order valence-corrected chi connectivity index (χ1v) is 3.61. The van der Waals surface area contributed by atoms with Gasteiger partial charge in [-0.1, -0.05) is 13.8 Å². The van der Waals surface area contributed by atoms with E-state index in [1.54, 1.807) is 0 Å². The van der Waals surface area contributed by atoms with Crippen LogP contribution in [-0.4, -0.2) is 28.3 Å². The Kier molecular flexibility index (Phi) is 4.07. The van der Waals surface area contributed by atoms with Crippen molar-refractivity contribution in [2.24, 2.45) is 11.7 Å². The number of aliphatic hydroxyl groups excluding tert-OH is 1. The number of hydrogen-bond acceptors (Lipinski definition) is 3. The molecule has 2 atom stereocenters. The quantitative estimate of drug-likeness (QED) is 0.533. The van der Waals surface area contributed by atoms with Crippen molar-refractivity contribution in [3.63, 3.8) is 0 Å². The molecule has 0 radical (unpaired) electrons. The number of hydrogen-bond donors (Lipinski definition) is 3. The Morgan fingerprint density at radius 1 is 1.55 bits per heavy atom. The predicted molar refractivity (Wildman–Crippen MR) is 41.1 cm³/mol. The van der Waals surface area contributed by atoms with Crippen molar-refractivity contribution < 1.29 is 15.0 Å². The van der Waals surface area contributed by atoms with Crippen LogP contribution in [0.5, 0.6) is 0 Å². The monoisotopic (exact) mass is 161 g/mol. The predicted octanol–water partition coefficient (Wildman–Crippen LogP) is -0.195. The van der Waals surface area contributed by atoms with Crippen LogP contribution in [0, 0.1) is 5.92 Å². The first-order valence-electron chi connectivity index (χ1n) is 3.61. The summed E-state index contributed by atoms with van der Waals surface area (Å²) in [5.74, 6) is -0.947. The van der Waals surface area contributed by atoms with Gasteiger partial charge in [-0.05, 0) is 12.3 Å². The minimum atomic E-state index is -1.43. The van der Waals surface area contributed by atoms with E-state index in [2.05, 4.69) is 0 Å². The van der Waals surface area contributed by atoms with Crippen molar-refractivity contribution in [3.05, 3.63) is 0 Å². The minimum absolute atomic E-state index is 0.305. The molecule has 0 aromatic rings. The molecule has 0 heterocycles. The van der Waals surface area contributed by atoms with Gasteiger partial charge in [0.05, 0.1) is 0 Å². The number of carboxylic acids is 1. The Hall–Kier alpha value is -0.610. The molecule has 0 amide bonds. The highest BCUT2D eigenvalue weighted by Gasteiger charge is 2.22. The van der Waals surface area contributed by atoms with E-state index in [-0.39, 0.29) is 0 Å². The number of carbonyl (C=O) groups is 1. The Balaban J connectivity index is 3.82. The maximum atomic E-state index is 10.2. The lowest BCUT2D eigenvalue weighted by molar-refractivity contribution is -0.147. The van der Waals surface area contributed by atoms with Gasteiger partial charge >= 0.3 is 5.97 Å². The molecule has 4 N–H and O–H groups in total. The summed E-state index contributed by atoms with van der Waals surface area (Å²) >= 11 is 0. The number of rotatable bonds is 4. The van der Waals surface area contributed by atoms with Gasteiger partial charge < -0.3 is 15.9 Å². The zero-order valence-electron chi connectivity index (χ0n) is 6.82. The summed E-state index contributed by atoms with van der Waals surface area (Å²) in [5, 5.41) is 17.3. The molecule has 0 bridgehead atoms. The van der Waals surface area contributed by atoms with Crippen LogP contribution in [0.1, 0.15) is 20.3 Å². The first kappa shape index (κ1) is 10.4. The standard InChI is InChI=1S/C7H15NO3/c1-4(2)3-5(8)6(9)7(10)11/h4-6,9H,3,8H2,1-2H3,(H,10,11)/t5-,6?/m0/s1. The van der Waals surface area contributed by atoms with Crippen molar-refractivity contribution in [3.8, 4) is 0 Å². The normalized spacial score (nSPS) is 16.5. The van der Waals surface area contributed by atoms with Crippen molar-refractivity contribution in [1.29, 1.82) is 0 Å². The lowest BCUT2D eigenvalue weighted by Gasteiger charge is -2.16. The van der Waals surface area contributed by atoms with Crippen LogP contribution in [0.4, 0.5) is 0 Å². The highest BCUT2D eigenvalue weighted by Crippen LogP contribution is 2.05. The van der Waals surface area contributed by atoms with E-state index in [9.17, 15) is 4.79 Å². The molecule has 0 saturated carbocycles. The third-order valence-corrected chi connectivity index (χ3v) is 1.40. The molecule has 0 aliphatic rings. The topological polar surface area (TPSA) is 83.5 Å². The van der Waals surface area contributed by atoms with E-state index in [1.807, 2.05) is 13.8 Å². The van der Waals surface area contributed by atoms with Crippen molar-refractivity contribution in [2.45, 2.75) is 32.4 Å². The number of aliphatic hydroxyl groups is 1. The molecule has 0 aliphatic heterocycles. The van der Waals surface area contributed by atoms with Gasteiger partial charge in [0.15, 0.2) is 6.10 Å². The van der Waals surface area contributed by atoms with Crippen LogP contribution in [0.15, 0.2) is 0 Å². The fraction of sp³-hybridized carbons (Fsp3) is 0.857. The molecule has 66 valence electrons. The summed E-state index contributed by atoms with van der Waals surface area (Å²) in [6, 6.07) is -0.660. The summed E-state index contributed by atoms with van der Waals surface area (Å²) in [7, 11) is 0. The van der Waals surface area contributed by atoms with Gasteiger partial charge in [-0.2, -0.15) is 0 Å². The molecular weight excluding hydrogens is 146 g/mol. The average molecular weight is 161 g/mol. The van der Waals surface area contributed by atoms with Crippen LogP contribution in [0.2, 0.25) is 0 Å². The summed E-state index contributed by atoms with van der Waals surface area (Å²) in [5.41, 5.74) is 5.39. The maximum Gasteiger partial charge on any atom is 0.334 e. The fourth-order valence-corrected chi connectivity index (χ4v) is 0.856. The lowest BCUT2D eigenvalue weighted by atomic mass is 10.0. The number of nitrogens with two attached hydrogens (primary N) is 1. The maximum absolute atomic E-state index is 10.2. The van der Waals surface area contributed by atoms with Crippen LogP contribution in [-0.2, 0) is 4.79 Å². The van der Waals surface area contributed by atoms with Crippen molar-refractivity contribution >= 4 is 5.97 Å². The number of carboxylic acid groups (broad SMARTS) is 1. The molecule has 4 heteroatoms. The van der Waals surface area contributed by atoms with Gasteiger partial charge in [0.1, 0.15) is 0 Å². The summed E-state index contributed by atoms with van der Waals surface area (Å²) in [6.45, 7) is 3.85. The Morgan fingerprint density at radius 2 is 2.00 bits per heavy atom. The molecule has 0 saturated heterocycles. The third-order valence-electron chi connectivity index (χ3n) is 1.40. The zero-order valence-corrected chi connectivity index (χ0v) is 6.82. The molecule has 0 rings (SSSR count). The van der Waals surface area contributed by atoms with Gasteiger partial charge in [-0.15, -0.1) is 0 Å². The number of aliphatic carboxylic acids is 1. The zero-order chi connectivity index (χ0) is 9.02. The van der Waals surface area contributed by atoms with Crippen LogP contribution < -0.4 is 5.73 Å². The van der Waals surface area contributed by atoms with Crippen molar-refractivity contribution in [1.82, 2.24) is 0 Å². The molecule has 0 spiro atoms. The second-order valence-electron chi connectivity index (χ2n) is 3.08. The second-order valence-corrected chi connectivity index (χ2v) is 3.08. The highest BCUT2D eigenvalue weighted by atomic mass is 16.4. The average Bonchev–Trinajstić information content (AvgIpc) is 1.84. The molecule has 0 aliphatic carbocycles. The molecule has 11 heavy (non-hydrogen) atoms. The lowest BCUT2D eigenvalue weighted by Crippen LogP contribution is -2.41. The summed E-state index contributed by atoms with van der Waals surface area (Å²) in [4.78, 5) is 10.2. The molecule has 1 unspecified atom stereocenters. The molecular formula is C7H15NO3. The SMILES string of the molecule is CC(C)C[C@H](N)C(O)C(=O)O. The van der Waals surface area contributed by atoms with E-state index in [0.29, 0.717) is 12.3 Å². The highest BCUT2D eigenvalue weighted by molar-refractivity contribution is 5.72. The first-order chi connectivity index (χ1) is 4.95.